The second-order valence-electron chi connectivity index (χ2n) is 7.37. The SMILES string of the molecule is CC(=O)c1cccc(Cc2c(C3(C)CCC3)[nH]c3cc(O)ccc23)n1. The number of hydrogen-bond acceptors (Lipinski definition) is 3. The Labute approximate surface area is 146 Å². The molecule has 1 fully saturated rings. The zero-order valence-electron chi connectivity index (χ0n) is 14.6. The van der Waals surface area contributed by atoms with Crippen molar-refractivity contribution in [2.24, 2.45) is 0 Å². The number of H-pyrrole nitrogens is 1. The maximum absolute atomic E-state index is 11.6. The van der Waals surface area contributed by atoms with Crippen LogP contribution in [0.4, 0.5) is 0 Å². The van der Waals surface area contributed by atoms with Gasteiger partial charge in [-0.05, 0) is 42.7 Å². The molecule has 25 heavy (non-hydrogen) atoms. The summed E-state index contributed by atoms with van der Waals surface area (Å²) in [5.74, 6) is 0.249. The van der Waals surface area contributed by atoms with Crippen molar-refractivity contribution >= 4 is 16.7 Å². The minimum Gasteiger partial charge on any atom is -0.508 e. The maximum Gasteiger partial charge on any atom is 0.178 e. The normalized spacial score (nSPS) is 15.9. The minimum atomic E-state index is -0.0168. The van der Waals surface area contributed by atoms with Gasteiger partial charge in [-0.2, -0.15) is 0 Å². The summed E-state index contributed by atoms with van der Waals surface area (Å²) in [4.78, 5) is 19.7. The third-order valence-corrected chi connectivity index (χ3v) is 5.48. The molecule has 1 aliphatic carbocycles. The van der Waals surface area contributed by atoms with E-state index in [2.05, 4.69) is 16.9 Å². The fourth-order valence-corrected chi connectivity index (χ4v) is 3.85. The molecule has 2 N–H and O–H groups in total. The predicted octanol–water partition coefficient (Wildman–Crippen LogP) is 4.50. The average Bonchev–Trinajstić information content (AvgIpc) is 2.91. The van der Waals surface area contributed by atoms with Crippen molar-refractivity contribution in [1.82, 2.24) is 9.97 Å². The number of carbonyl (C=O) groups excluding carboxylic acids is 1. The molecule has 2 heterocycles. The molecule has 4 nitrogen and oxygen atoms in total. The van der Waals surface area contributed by atoms with Crippen molar-refractivity contribution in [3.8, 4) is 5.75 Å². The smallest absolute Gasteiger partial charge is 0.178 e. The highest BCUT2D eigenvalue weighted by molar-refractivity contribution is 5.92. The molecule has 1 aromatic carbocycles. The number of Topliss-reactive ketones (excluding diaryl/α,β-unsaturated/α-hetero) is 1. The number of nitrogens with zero attached hydrogens (tertiary/aromatic N) is 1. The highest BCUT2D eigenvalue weighted by Crippen LogP contribution is 2.46. The maximum atomic E-state index is 11.6. The van der Waals surface area contributed by atoms with Gasteiger partial charge in [0.05, 0.1) is 0 Å². The van der Waals surface area contributed by atoms with Crippen LogP contribution >= 0.6 is 0 Å². The van der Waals surface area contributed by atoms with E-state index >= 15 is 0 Å². The number of fused-ring (bicyclic) bond motifs is 1. The van der Waals surface area contributed by atoms with E-state index < -0.39 is 0 Å². The number of benzene rings is 1. The Morgan fingerprint density at radius 2 is 2.08 bits per heavy atom. The molecule has 0 spiro atoms. The van der Waals surface area contributed by atoms with Crippen molar-refractivity contribution < 1.29 is 9.90 Å². The van der Waals surface area contributed by atoms with Gasteiger partial charge in [0.2, 0.25) is 0 Å². The van der Waals surface area contributed by atoms with E-state index in [0.29, 0.717) is 12.1 Å². The van der Waals surface area contributed by atoms with Crippen LogP contribution < -0.4 is 0 Å². The summed E-state index contributed by atoms with van der Waals surface area (Å²) in [5.41, 5.74) is 4.99. The van der Waals surface area contributed by atoms with E-state index in [-0.39, 0.29) is 16.9 Å². The summed E-state index contributed by atoms with van der Waals surface area (Å²) >= 11 is 0. The zero-order chi connectivity index (χ0) is 17.6. The monoisotopic (exact) mass is 334 g/mol. The van der Waals surface area contributed by atoms with Crippen molar-refractivity contribution in [3.05, 3.63) is 59.0 Å². The first-order valence-corrected chi connectivity index (χ1v) is 8.77. The van der Waals surface area contributed by atoms with E-state index in [1.807, 2.05) is 18.2 Å². The standard InChI is InChI=1S/C21H22N2O2/c1-13(24)18-6-3-5-14(22-18)11-17-16-8-7-15(25)12-19(16)23-20(17)21(2)9-4-10-21/h3,5-8,12,23,25H,4,9-11H2,1-2H3. The van der Waals surface area contributed by atoms with E-state index in [0.717, 1.165) is 16.6 Å². The van der Waals surface area contributed by atoms with Gasteiger partial charge in [0.25, 0.3) is 0 Å². The third-order valence-electron chi connectivity index (χ3n) is 5.48. The second kappa shape index (κ2) is 5.73. The molecule has 0 atom stereocenters. The number of ketones is 1. The molecule has 4 heteroatoms. The Morgan fingerprint density at radius 1 is 1.28 bits per heavy atom. The van der Waals surface area contributed by atoms with Crippen LogP contribution in [0.1, 0.15) is 60.5 Å². The quantitative estimate of drug-likeness (QED) is 0.690. The molecule has 1 aliphatic rings. The molecule has 0 saturated heterocycles. The largest absolute Gasteiger partial charge is 0.508 e. The fourth-order valence-electron chi connectivity index (χ4n) is 3.85. The van der Waals surface area contributed by atoms with Crippen LogP contribution in [0.15, 0.2) is 36.4 Å². The number of hydrogen-bond donors (Lipinski definition) is 2. The highest BCUT2D eigenvalue weighted by atomic mass is 16.3. The number of phenolic OH excluding ortho intramolecular Hbond substituents is 1. The van der Waals surface area contributed by atoms with Crippen LogP contribution in [-0.2, 0) is 11.8 Å². The predicted molar refractivity (Wildman–Crippen MR) is 98.2 cm³/mol. The molecule has 4 rings (SSSR count). The van der Waals surface area contributed by atoms with Crippen molar-refractivity contribution in [2.45, 2.75) is 44.9 Å². The van der Waals surface area contributed by atoms with Crippen LogP contribution in [0.25, 0.3) is 10.9 Å². The van der Waals surface area contributed by atoms with Gasteiger partial charge in [0, 0.05) is 47.1 Å². The Kier molecular flexibility index (Phi) is 3.64. The molecule has 0 unspecified atom stereocenters. The van der Waals surface area contributed by atoms with Crippen LogP contribution in [0.3, 0.4) is 0 Å². The van der Waals surface area contributed by atoms with E-state index in [1.54, 1.807) is 25.1 Å². The van der Waals surface area contributed by atoms with Gasteiger partial charge in [-0.15, -0.1) is 0 Å². The molecular formula is C21H22N2O2. The molecule has 128 valence electrons. The van der Waals surface area contributed by atoms with Gasteiger partial charge in [0.15, 0.2) is 5.78 Å². The second-order valence-corrected chi connectivity index (χ2v) is 7.37. The topological polar surface area (TPSA) is 66.0 Å². The molecular weight excluding hydrogens is 312 g/mol. The summed E-state index contributed by atoms with van der Waals surface area (Å²) in [5, 5.41) is 10.9. The lowest BCUT2D eigenvalue weighted by atomic mass is 9.67. The van der Waals surface area contributed by atoms with Gasteiger partial charge >= 0.3 is 0 Å². The number of aromatic amines is 1. The first-order valence-electron chi connectivity index (χ1n) is 8.77. The molecule has 1 saturated carbocycles. The van der Waals surface area contributed by atoms with Crippen molar-refractivity contribution in [2.75, 3.05) is 0 Å². The number of aromatic hydroxyl groups is 1. The summed E-state index contributed by atoms with van der Waals surface area (Å²) in [7, 11) is 0. The Hall–Kier alpha value is -2.62. The van der Waals surface area contributed by atoms with Crippen LogP contribution in [0.5, 0.6) is 5.75 Å². The first-order chi connectivity index (χ1) is 12.0. The highest BCUT2D eigenvalue weighted by Gasteiger charge is 2.37. The average molecular weight is 334 g/mol. The molecule has 0 radical (unpaired) electrons. The van der Waals surface area contributed by atoms with Crippen LogP contribution in [0.2, 0.25) is 0 Å². The summed E-state index contributed by atoms with van der Waals surface area (Å²) in [6, 6.07) is 11.1. The Morgan fingerprint density at radius 3 is 2.76 bits per heavy atom. The van der Waals surface area contributed by atoms with Crippen LogP contribution in [0, 0.1) is 0 Å². The van der Waals surface area contributed by atoms with Crippen molar-refractivity contribution in [1.29, 1.82) is 0 Å². The number of phenols is 1. The number of aromatic nitrogens is 2. The summed E-state index contributed by atoms with van der Waals surface area (Å²) in [6.45, 7) is 3.84. The van der Waals surface area contributed by atoms with Gasteiger partial charge in [-0.3, -0.25) is 4.79 Å². The fraction of sp³-hybridized carbons (Fsp3) is 0.333. The summed E-state index contributed by atoms with van der Waals surface area (Å²) in [6.07, 6.45) is 4.25. The molecule has 2 aromatic heterocycles. The molecule has 0 aliphatic heterocycles. The lowest BCUT2D eigenvalue weighted by Gasteiger charge is -2.38. The van der Waals surface area contributed by atoms with Gasteiger partial charge in [0.1, 0.15) is 11.4 Å². The van der Waals surface area contributed by atoms with Crippen LogP contribution in [-0.4, -0.2) is 20.9 Å². The number of pyridine rings is 1. The molecule has 3 aromatic rings. The lowest BCUT2D eigenvalue weighted by Crippen LogP contribution is -2.31. The Balaban J connectivity index is 1.83. The summed E-state index contributed by atoms with van der Waals surface area (Å²) < 4.78 is 0. The van der Waals surface area contributed by atoms with Gasteiger partial charge < -0.3 is 10.1 Å². The van der Waals surface area contributed by atoms with E-state index in [9.17, 15) is 9.90 Å². The van der Waals surface area contributed by atoms with Gasteiger partial charge in [-0.25, -0.2) is 4.98 Å². The molecule has 0 amide bonds. The lowest BCUT2D eigenvalue weighted by molar-refractivity contribution is 0.101. The number of carbonyl (C=O) groups is 1. The number of nitrogens with one attached hydrogen (secondary N) is 1. The third kappa shape index (κ3) is 2.72. The first kappa shape index (κ1) is 15.9. The van der Waals surface area contributed by atoms with E-state index in [4.69, 9.17) is 0 Å². The Bertz CT molecular complexity index is 967. The van der Waals surface area contributed by atoms with Gasteiger partial charge in [-0.1, -0.05) is 19.4 Å². The number of rotatable bonds is 4. The minimum absolute atomic E-state index is 0.0168. The zero-order valence-corrected chi connectivity index (χ0v) is 14.6. The van der Waals surface area contributed by atoms with E-state index in [1.165, 1.54) is 30.5 Å². The molecule has 0 bridgehead atoms. The van der Waals surface area contributed by atoms with Crippen molar-refractivity contribution in [3.63, 3.8) is 0 Å².